The summed E-state index contributed by atoms with van der Waals surface area (Å²) in [6.07, 6.45) is 0.276. The van der Waals surface area contributed by atoms with Gasteiger partial charge in [0.15, 0.2) is 10.6 Å². The third kappa shape index (κ3) is 4.97. The second-order valence-electron chi connectivity index (χ2n) is 6.13. The van der Waals surface area contributed by atoms with Crippen molar-refractivity contribution in [3.63, 3.8) is 0 Å². The topological polar surface area (TPSA) is 62.7 Å². The lowest BCUT2D eigenvalue weighted by atomic mass is 10.1. The van der Waals surface area contributed by atoms with Crippen LogP contribution in [-0.2, 0) is 17.9 Å². The largest absolute Gasteiger partial charge is 0.352 e. The van der Waals surface area contributed by atoms with Crippen LogP contribution in [-0.4, -0.2) is 20.7 Å². The van der Waals surface area contributed by atoms with Gasteiger partial charge in [-0.25, -0.2) is 0 Å². The maximum atomic E-state index is 12.2. The van der Waals surface area contributed by atoms with Crippen molar-refractivity contribution in [1.29, 1.82) is 0 Å². The van der Waals surface area contributed by atoms with E-state index in [9.17, 15) is 4.79 Å². The predicted molar refractivity (Wildman–Crippen MR) is 111 cm³/mol. The molecule has 27 heavy (non-hydrogen) atoms. The molecule has 0 aliphatic carbocycles. The Bertz CT molecular complexity index is 1010. The summed E-state index contributed by atoms with van der Waals surface area (Å²) in [5, 5.41) is 11.0. The van der Waals surface area contributed by atoms with Crippen LogP contribution in [0.25, 0.3) is 11.4 Å². The first-order valence-corrected chi connectivity index (χ1v) is 9.53. The summed E-state index contributed by atoms with van der Waals surface area (Å²) in [4.78, 5) is 12.2. The Balaban J connectivity index is 1.63. The van der Waals surface area contributed by atoms with Crippen LogP contribution >= 0.6 is 35.4 Å². The Labute approximate surface area is 172 Å². The van der Waals surface area contributed by atoms with Gasteiger partial charge in [0.05, 0.1) is 0 Å². The summed E-state index contributed by atoms with van der Waals surface area (Å²) in [5.41, 5.74) is 2.93. The Hall–Kier alpha value is -2.15. The normalized spacial score (nSPS) is 10.8. The van der Waals surface area contributed by atoms with Crippen LogP contribution in [0.3, 0.4) is 0 Å². The van der Waals surface area contributed by atoms with E-state index in [1.165, 1.54) is 5.56 Å². The van der Waals surface area contributed by atoms with Crippen LogP contribution in [0, 0.1) is 11.7 Å². The third-order valence-electron chi connectivity index (χ3n) is 4.12. The first-order chi connectivity index (χ1) is 12.9. The first-order valence-electron chi connectivity index (χ1n) is 8.37. The van der Waals surface area contributed by atoms with Crippen LogP contribution in [0.15, 0.2) is 42.5 Å². The van der Waals surface area contributed by atoms with E-state index < -0.39 is 0 Å². The molecule has 0 radical (unpaired) electrons. The molecule has 0 atom stereocenters. The molecule has 1 heterocycles. The number of nitrogens with one attached hydrogen (secondary N) is 2. The third-order valence-corrected chi connectivity index (χ3v) is 5.02. The van der Waals surface area contributed by atoms with Gasteiger partial charge in [0.1, 0.15) is 0 Å². The number of carbonyl (C=O) groups is 1. The molecule has 0 fully saturated rings. The molecule has 0 saturated carbocycles. The molecule has 0 aliphatic heterocycles. The number of hydrogen-bond acceptors (Lipinski definition) is 3. The van der Waals surface area contributed by atoms with Crippen molar-refractivity contribution in [2.24, 2.45) is 0 Å². The van der Waals surface area contributed by atoms with Gasteiger partial charge >= 0.3 is 0 Å². The van der Waals surface area contributed by atoms with Gasteiger partial charge in [-0.05, 0) is 36.8 Å². The van der Waals surface area contributed by atoms with E-state index in [0.29, 0.717) is 33.7 Å². The van der Waals surface area contributed by atoms with Gasteiger partial charge < -0.3 is 5.32 Å². The van der Waals surface area contributed by atoms with Gasteiger partial charge in [-0.2, -0.15) is 5.10 Å². The molecule has 1 amide bonds. The van der Waals surface area contributed by atoms with Crippen molar-refractivity contribution >= 4 is 41.3 Å². The number of aryl methyl sites for hydroxylation is 1. The highest BCUT2D eigenvalue weighted by molar-refractivity contribution is 7.71. The van der Waals surface area contributed by atoms with Crippen molar-refractivity contribution in [1.82, 2.24) is 20.1 Å². The summed E-state index contributed by atoms with van der Waals surface area (Å²) in [6.45, 7) is 2.80. The van der Waals surface area contributed by atoms with Crippen molar-refractivity contribution in [2.45, 2.75) is 26.4 Å². The molecule has 1 aromatic heterocycles. The number of hydrogen-bond donors (Lipinski definition) is 2. The molecule has 0 spiro atoms. The fourth-order valence-electron chi connectivity index (χ4n) is 2.61. The zero-order valence-electron chi connectivity index (χ0n) is 14.6. The lowest BCUT2D eigenvalue weighted by Gasteiger charge is -2.09. The van der Waals surface area contributed by atoms with Crippen LogP contribution in [0.1, 0.15) is 17.5 Å². The van der Waals surface area contributed by atoms with E-state index >= 15 is 0 Å². The molecule has 140 valence electrons. The number of rotatable bonds is 6. The summed E-state index contributed by atoms with van der Waals surface area (Å²) in [7, 11) is 0. The zero-order chi connectivity index (χ0) is 19.4. The molecule has 3 aromatic rings. The molecule has 3 rings (SSSR count). The molecule has 2 N–H and O–H groups in total. The molecular formula is C19H18Cl2N4OS. The minimum absolute atomic E-state index is 0.0982. The van der Waals surface area contributed by atoms with Gasteiger partial charge in [-0.15, -0.1) is 0 Å². The zero-order valence-corrected chi connectivity index (χ0v) is 17.0. The lowest BCUT2D eigenvalue weighted by molar-refractivity contribution is -0.121. The summed E-state index contributed by atoms with van der Waals surface area (Å²) in [5.74, 6) is 0.618. The Morgan fingerprint density at radius 2 is 1.96 bits per heavy atom. The highest BCUT2D eigenvalue weighted by Gasteiger charge is 2.11. The minimum atomic E-state index is -0.0982. The number of benzene rings is 2. The maximum Gasteiger partial charge on any atom is 0.222 e. The van der Waals surface area contributed by atoms with Crippen LogP contribution in [0.4, 0.5) is 0 Å². The van der Waals surface area contributed by atoms with Crippen molar-refractivity contribution in [2.75, 3.05) is 0 Å². The van der Waals surface area contributed by atoms with E-state index in [-0.39, 0.29) is 12.3 Å². The maximum absolute atomic E-state index is 12.2. The Kier molecular flexibility index (Phi) is 6.31. The highest BCUT2D eigenvalue weighted by atomic mass is 35.5. The minimum Gasteiger partial charge on any atom is -0.352 e. The predicted octanol–water partition coefficient (Wildman–Crippen LogP) is 4.93. The second kappa shape index (κ2) is 8.69. The standard InChI is InChI=1S/C19H18Cl2N4OS/c1-12-2-4-13(5-3-12)18-23-24-19(27)25(18)9-8-17(26)22-11-14-6-7-15(20)10-16(14)21/h2-7,10H,8-9,11H2,1H3,(H,22,26)(H,24,27). The summed E-state index contributed by atoms with van der Waals surface area (Å²) < 4.78 is 2.31. The van der Waals surface area contributed by atoms with Crippen LogP contribution in [0.5, 0.6) is 0 Å². The lowest BCUT2D eigenvalue weighted by Crippen LogP contribution is -2.24. The van der Waals surface area contributed by atoms with Crippen LogP contribution < -0.4 is 5.32 Å². The number of H-pyrrole nitrogens is 1. The summed E-state index contributed by atoms with van der Waals surface area (Å²) >= 11 is 17.3. The SMILES string of the molecule is Cc1ccc(-c2n[nH]c(=S)n2CCC(=O)NCc2ccc(Cl)cc2Cl)cc1. The smallest absolute Gasteiger partial charge is 0.222 e. The van der Waals surface area contributed by atoms with Gasteiger partial charge in [0, 0.05) is 35.1 Å². The van der Waals surface area contributed by atoms with E-state index in [2.05, 4.69) is 15.5 Å². The number of aromatic amines is 1. The van der Waals surface area contributed by atoms with E-state index in [1.54, 1.807) is 18.2 Å². The second-order valence-corrected chi connectivity index (χ2v) is 7.36. The number of amides is 1. The fraction of sp³-hybridized carbons (Fsp3) is 0.211. The fourth-order valence-corrected chi connectivity index (χ4v) is 3.31. The quantitative estimate of drug-likeness (QED) is 0.555. The molecule has 8 heteroatoms. The average Bonchev–Trinajstić information content (AvgIpc) is 3.00. The molecule has 0 saturated heterocycles. The Morgan fingerprint density at radius 1 is 1.22 bits per heavy atom. The summed E-state index contributed by atoms with van der Waals surface area (Å²) in [6, 6.07) is 13.2. The average molecular weight is 421 g/mol. The van der Waals surface area contributed by atoms with Gasteiger partial charge in [0.2, 0.25) is 5.91 Å². The highest BCUT2D eigenvalue weighted by Crippen LogP contribution is 2.21. The van der Waals surface area contributed by atoms with Crippen molar-refractivity contribution in [3.05, 3.63) is 68.4 Å². The molecular weight excluding hydrogens is 403 g/mol. The van der Waals surface area contributed by atoms with Gasteiger partial charge in [0.25, 0.3) is 0 Å². The van der Waals surface area contributed by atoms with E-state index in [0.717, 1.165) is 11.1 Å². The number of aromatic nitrogens is 3. The molecule has 0 bridgehead atoms. The number of nitrogens with zero attached hydrogens (tertiary/aromatic N) is 2. The van der Waals surface area contributed by atoms with Crippen molar-refractivity contribution in [3.8, 4) is 11.4 Å². The van der Waals surface area contributed by atoms with Crippen molar-refractivity contribution < 1.29 is 4.79 Å². The van der Waals surface area contributed by atoms with E-state index in [4.69, 9.17) is 35.4 Å². The van der Waals surface area contributed by atoms with Crippen LogP contribution in [0.2, 0.25) is 10.0 Å². The first kappa shape index (κ1) is 19.6. The van der Waals surface area contributed by atoms with Gasteiger partial charge in [-0.1, -0.05) is 59.1 Å². The monoisotopic (exact) mass is 420 g/mol. The number of halogens is 2. The molecule has 2 aromatic carbocycles. The van der Waals surface area contributed by atoms with Gasteiger partial charge in [-0.3, -0.25) is 14.5 Å². The van der Waals surface area contributed by atoms with E-state index in [1.807, 2.05) is 35.8 Å². The molecule has 0 unspecified atom stereocenters. The molecule has 0 aliphatic rings. The molecule has 5 nitrogen and oxygen atoms in total. The number of carbonyl (C=O) groups excluding carboxylic acids is 1. The Morgan fingerprint density at radius 3 is 2.67 bits per heavy atom.